The van der Waals surface area contributed by atoms with E-state index in [0.29, 0.717) is 36.2 Å². The molecule has 2 heterocycles. The van der Waals surface area contributed by atoms with E-state index in [1.54, 1.807) is 24.3 Å². The number of sulfonamides is 1. The predicted molar refractivity (Wildman–Crippen MR) is 138 cm³/mol. The Morgan fingerprint density at radius 2 is 1.91 bits per heavy atom. The maximum atomic E-state index is 13.0. The number of rotatable bonds is 12. The average molecular weight is 508 g/mol. The third-order valence-corrected chi connectivity index (χ3v) is 9.21. The topological polar surface area (TPSA) is 93.5 Å². The molecule has 180 valence electrons. The van der Waals surface area contributed by atoms with Crippen LogP contribution in [-0.4, -0.2) is 50.1 Å². The Kier molecular flexibility index (Phi) is 8.63. The van der Waals surface area contributed by atoms with Gasteiger partial charge in [0.1, 0.15) is 17.4 Å². The van der Waals surface area contributed by atoms with Crippen LogP contribution in [0.25, 0.3) is 11.0 Å². The van der Waals surface area contributed by atoms with E-state index in [9.17, 15) is 8.42 Å². The van der Waals surface area contributed by atoms with Gasteiger partial charge in [-0.2, -0.15) is 0 Å². The monoisotopic (exact) mass is 507 g/mol. The molecule has 0 aliphatic rings. The van der Waals surface area contributed by atoms with Crippen molar-refractivity contribution in [3.05, 3.63) is 48.2 Å². The van der Waals surface area contributed by atoms with Crippen molar-refractivity contribution in [3.8, 4) is 0 Å². The van der Waals surface area contributed by atoms with Crippen molar-refractivity contribution >= 4 is 46.6 Å². The summed E-state index contributed by atoms with van der Waals surface area (Å²) in [7, 11) is -4.92. The summed E-state index contributed by atoms with van der Waals surface area (Å²) < 4.78 is 36.5. The predicted octanol–water partition coefficient (Wildman–Crippen LogP) is 4.93. The summed E-state index contributed by atoms with van der Waals surface area (Å²) in [5.41, 5.74) is 2.17. The molecule has 0 bridgehead atoms. The molecule has 10 heteroatoms. The molecule has 7 nitrogen and oxygen atoms in total. The Hall–Kier alpha value is -1.85. The second-order valence-electron chi connectivity index (χ2n) is 9.23. The number of ether oxygens (including phenoxy) is 1. The zero-order valence-electron chi connectivity index (χ0n) is 19.7. The van der Waals surface area contributed by atoms with Crippen molar-refractivity contribution in [2.75, 3.05) is 23.7 Å². The van der Waals surface area contributed by atoms with Gasteiger partial charge in [0.05, 0.1) is 10.6 Å². The molecule has 0 fully saturated rings. The summed E-state index contributed by atoms with van der Waals surface area (Å²) in [6, 6.07) is 11.5. The fourth-order valence-corrected chi connectivity index (χ4v) is 5.84. The van der Waals surface area contributed by atoms with Crippen LogP contribution < -0.4 is 4.72 Å². The highest BCUT2D eigenvalue weighted by atomic mass is 32.2. The average Bonchev–Trinajstić information content (AvgIpc) is 3.12. The number of fused-ring (bicyclic) bond motifs is 1. The molecule has 0 amide bonds. The van der Waals surface area contributed by atoms with Crippen molar-refractivity contribution in [1.82, 2.24) is 9.55 Å². The molecular weight excluding hydrogens is 474 g/mol. The van der Waals surface area contributed by atoms with Gasteiger partial charge in [0, 0.05) is 38.6 Å². The molecule has 0 saturated carbocycles. The largest absolute Gasteiger partial charge is 0.396 e. The van der Waals surface area contributed by atoms with Gasteiger partial charge < -0.3 is 14.4 Å². The summed E-state index contributed by atoms with van der Waals surface area (Å²) in [5.74, 6) is 0.627. The first-order chi connectivity index (χ1) is 15.6. The van der Waals surface area contributed by atoms with Crippen LogP contribution in [0.2, 0.25) is 25.7 Å². The lowest BCUT2D eigenvalue weighted by Crippen LogP contribution is -2.22. The van der Waals surface area contributed by atoms with E-state index in [0.717, 1.165) is 22.6 Å². The number of hydrogen-bond acceptors (Lipinski definition) is 6. The smallest absolute Gasteiger partial charge is 0.261 e. The highest BCUT2D eigenvalue weighted by molar-refractivity contribution is 7.99. The molecule has 3 aromatic rings. The number of aromatic nitrogens is 2. The quantitative estimate of drug-likeness (QED) is 0.205. The number of nitrogens with one attached hydrogen (secondary N) is 1. The second kappa shape index (κ2) is 11.0. The van der Waals surface area contributed by atoms with Crippen molar-refractivity contribution < 1.29 is 18.3 Å². The highest BCUT2D eigenvalue weighted by Crippen LogP contribution is 2.31. The minimum absolute atomic E-state index is 0.0704. The van der Waals surface area contributed by atoms with Gasteiger partial charge in [0.2, 0.25) is 0 Å². The molecule has 0 saturated heterocycles. The number of thioether (sulfide) groups is 1. The van der Waals surface area contributed by atoms with E-state index < -0.39 is 18.1 Å². The van der Waals surface area contributed by atoms with Crippen LogP contribution in [0.1, 0.15) is 12.0 Å². The van der Waals surface area contributed by atoms with Crippen molar-refractivity contribution in [3.63, 3.8) is 0 Å². The van der Waals surface area contributed by atoms with Crippen LogP contribution in [0, 0.1) is 6.92 Å². The molecular formula is C23H33N3O4S2Si. The first-order valence-electron chi connectivity index (χ1n) is 11.0. The Balaban J connectivity index is 1.87. The minimum atomic E-state index is -3.76. The summed E-state index contributed by atoms with van der Waals surface area (Å²) >= 11 is 1.42. The summed E-state index contributed by atoms with van der Waals surface area (Å²) in [6.07, 6.45) is 2.50. The third kappa shape index (κ3) is 7.31. The maximum Gasteiger partial charge on any atom is 0.261 e. The summed E-state index contributed by atoms with van der Waals surface area (Å²) in [6.45, 7) is 10.0. The van der Waals surface area contributed by atoms with Crippen LogP contribution in [0.15, 0.2) is 52.5 Å². The molecule has 0 aliphatic carbocycles. The van der Waals surface area contributed by atoms with Crippen LogP contribution in [0.3, 0.4) is 0 Å². The molecule has 0 spiro atoms. The lowest BCUT2D eigenvalue weighted by Gasteiger charge is -2.16. The first kappa shape index (κ1) is 25.8. The number of pyridine rings is 1. The minimum Gasteiger partial charge on any atom is -0.396 e. The van der Waals surface area contributed by atoms with Crippen molar-refractivity contribution in [2.24, 2.45) is 0 Å². The van der Waals surface area contributed by atoms with Gasteiger partial charge in [-0.25, -0.2) is 13.4 Å². The van der Waals surface area contributed by atoms with Crippen LogP contribution >= 0.6 is 11.8 Å². The van der Waals surface area contributed by atoms with Crippen molar-refractivity contribution in [1.29, 1.82) is 0 Å². The Morgan fingerprint density at radius 1 is 1.18 bits per heavy atom. The SMILES string of the molecule is Cc1ccc(S(=O)(=O)Nc2cc3ccn(COCC[Si](C)(C)C)c3nc2SCCCO)cc1. The van der Waals surface area contributed by atoms with E-state index in [2.05, 4.69) is 24.4 Å². The second-order valence-corrected chi connectivity index (χ2v) is 17.6. The van der Waals surface area contributed by atoms with Gasteiger partial charge in [-0.1, -0.05) is 37.3 Å². The number of nitrogens with zero attached hydrogens (tertiary/aromatic N) is 2. The van der Waals surface area contributed by atoms with E-state index in [1.807, 2.05) is 29.8 Å². The van der Waals surface area contributed by atoms with Crippen LogP contribution in [0.4, 0.5) is 5.69 Å². The third-order valence-electron chi connectivity index (χ3n) is 5.05. The van der Waals surface area contributed by atoms with Gasteiger partial charge in [-0.3, -0.25) is 4.72 Å². The van der Waals surface area contributed by atoms with E-state index >= 15 is 0 Å². The zero-order chi connectivity index (χ0) is 24.1. The molecule has 0 unspecified atom stereocenters. The lowest BCUT2D eigenvalue weighted by atomic mass is 10.2. The van der Waals surface area contributed by atoms with Crippen molar-refractivity contribution in [2.45, 2.75) is 55.7 Å². The van der Waals surface area contributed by atoms with Crippen LogP contribution in [0.5, 0.6) is 0 Å². The number of hydrogen-bond donors (Lipinski definition) is 2. The van der Waals surface area contributed by atoms with Gasteiger partial charge >= 0.3 is 0 Å². The molecule has 2 aromatic heterocycles. The fourth-order valence-electron chi connectivity index (χ4n) is 3.08. The summed E-state index contributed by atoms with van der Waals surface area (Å²) in [5, 5.41) is 10.6. The maximum absolute atomic E-state index is 13.0. The fraction of sp³-hybridized carbons (Fsp3) is 0.435. The molecule has 0 aliphatic heterocycles. The van der Waals surface area contributed by atoms with Gasteiger partial charge in [-0.15, -0.1) is 11.8 Å². The normalized spacial score (nSPS) is 12.4. The van der Waals surface area contributed by atoms with E-state index in [4.69, 9.17) is 14.8 Å². The molecule has 0 radical (unpaired) electrons. The molecule has 0 atom stereocenters. The first-order valence-corrected chi connectivity index (χ1v) is 17.2. The lowest BCUT2D eigenvalue weighted by molar-refractivity contribution is 0.0898. The number of benzene rings is 1. The standard InChI is InChI=1S/C23H33N3O4S2Si/c1-18-6-8-20(9-7-18)32(28,29)25-21-16-19-10-11-26(17-30-13-15-33(2,3)4)22(19)24-23(21)31-14-5-12-27/h6-11,16,25,27H,5,12-15,17H2,1-4H3. The zero-order valence-corrected chi connectivity index (χ0v) is 22.3. The number of aryl methyl sites for hydroxylation is 1. The van der Waals surface area contributed by atoms with Gasteiger partial charge in [0.15, 0.2) is 0 Å². The number of anilines is 1. The summed E-state index contributed by atoms with van der Waals surface area (Å²) in [4.78, 5) is 4.97. The Labute approximate surface area is 201 Å². The number of aliphatic hydroxyl groups is 1. The van der Waals surface area contributed by atoms with Gasteiger partial charge in [0.25, 0.3) is 10.0 Å². The highest BCUT2D eigenvalue weighted by Gasteiger charge is 2.19. The molecule has 1 aromatic carbocycles. The van der Waals surface area contributed by atoms with E-state index in [1.165, 1.54) is 11.8 Å². The van der Waals surface area contributed by atoms with E-state index in [-0.39, 0.29) is 11.5 Å². The molecule has 3 rings (SSSR count). The van der Waals surface area contributed by atoms with Crippen LogP contribution in [-0.2, 0) is 21.5 Å². The Bertz CT molecular complexity index is 1170. The molecule has 2 N–H and O–H groups in total. The Morgan fingerprint density at radius 3 is 2.58 bits per heavy atom. The van der Waals surface area contributed by atoms with Gasteiger partial charge in [-0.05, 0) is 43.7 Å². The molecule has 33 heavy (non-hydrogen) atoms. The number of aliphatic hydroxyl groups excluding tert-OH is 1.